The molecule has 0 radical (unpaired) electrons. The van der Waals surface area contributed by atoms with Gasteiger partial charge < -0.3 is 15.4 Å². The number of Topliss-reactive ketones (excluding diaryl/α,β-unsaturated/α-hetero) is 1. The van der Waals surface area contributed by atoms with Crippen LogP contribution in [0.15, 0.2) is 42.0 Å². The summed E-state index contributed by atoms with van der Waals surface area (Å²) >= 11 is 0. The van der Waals surface area contributed by atoms with Crippen LogP contribution in [0.3, 0.4) is 0 Å². The zero-order valence-corrected chi connectivity index (χ0v) is 21.4. The van der Waals surface area contributed by atoms with Crippen LogP contribution < -0.4 is 15.4 Å². The Morgan fingerprint density at radius 3 is 2.47 bits per heavy atom. The summed E-state index contributed by atoms with van der Waals surface area (Å²) in [7, 11) is 0. The van der Waals surface area contributed by atoms with Crippen LogP contribution in [0, 0.1) is 0 Å². The number of carbonyl (C=O) groups is 2. The van der Waals surface area contributed by atoms with Gasteiger partial charge in [-0.15, -0.1) is 0 Å². The van der Waals surface area contributed by atoms with Gasteiger partial charge in [0.15, 0.2) is 5.78 Å². The molecule has 2 N–H and O–H groups in total. The van der Waals surface area contributed by atoms with Crippen molar-refractivity contribution in [3.63, 3.8) is 0 Å². The van der Waals surface area contributed by atoms with Gasteiger partial charge in [-0.2, -0.15) is 0 Å². The van der Waals surface area contributed by atoms with Gasteiger partial charge in [0.25, 0.3) is 0 Å². The zero-order valence-electron chi connectivity index (χ0n) is 21.4. The van der Waals surface area contributed by atoms with E-state index in [1.165, 1.54) is 6.92 Å². The van der Waals surface area contributed by atoms with E-state index in [0.29, 0.717) is 6.61 Å². The normalized spacial score (nSPS) is 14.7. The number of amides is 1. The molecule has 2 aromatic rings. The van der Waals surface area contributed by atoms with E-state index in [2.05, 4.69) is 45.3 Å². The number of nitrogens with one attached hydrogen (secondary N) is 2. The second kappa shape index (κ2) is 11.0. The molecule has 0 fully saturated rings. The highest BCUT2D eigenvalue weighted by molar-refractivity contribution is 6.32. The van der Waals surface area contributed by atoms with Gasteiger partial charge in [0.1, 0.15) is 12.4 Å². The number of rotatable bonds is 10. The van der Waals surface area contributed by atoms with Crippen LogP contribution in [-0.4, -0.2) is 31.4 Å². The molecule has 0 unspecified atom stereocenters. The van der Waals surface area contributed by atoms with Crippen LogP contribution >= 0.6 is 0 Å². The first-order valence-electron chi connectivity index (χ1n) is 12.4. The first kappa shape index (κ1) is 25.7. The Morgan fingerprint density at radius 2 is 1.79 bits per heavy atom. The first-order valence-corrected chi connectivity index (χ1v) is 12.4. The summed E-state index contributed by atoms with van der Waals surface area (Å²) in [4.78, 5) is 25.4. The number of benzene rings is 2. The number of carbonyl (C=O) groups excluding carboxylic acids is 2. The van der Waals surface area contributed by atoms with Crippen molar-refractivity contribution in [3.8, 4) is 5.75 Å². The van der Waals surface area contributed by atoms with Gasteiger partial charge in [-0.05, 0) is 73.3 Å². The highest BCUT2D eigenvalue weighted by Gasteiger charge is 2.38. The van der Waals surface area contributed by atoms with Gasteiger partial charge in [0.2, 0.25) is 5.91 Å². The molecule has 1 amide bonds. The minimum Gasteiger partial charge on any atom is -0.492 e. The molecule has 5 heteroatoms. The van der Waals surface area contributed by atoms with Crippen molar-refractivity contribution in [1.82, 2.24) is 5.32 Å². The number of likely N-dealkylation sites (N-methyl/N-ethyl adjacent to an activating group) is 1. The fourth-order valence-corrected chi connectivity index (χ4v) is 4.58. The van der Waals surface area contributed by atoms with E-state index in [9.17, 15) is 9.59 Å². The second-order valence-corrected chi connectivity index (χ2v) is 9.52. The molecular weight excluding hydrogens is 424 g/mol. The summed E-state index contributed by atoms with van der Waals surface area (Å²) in [5.41, 5.74) is 6.08. The van der Waals surface area contributed by atoms with Crippen LogP contribution in [0.4, 0.5) is 5.69 Å². The predicted molar refractivity (Wildman–Crippen MR) is 140 cm³/mol. The van der Waals surface area contributed by atoms with Crippen LogP contribution in [0.2, 0.25) is 0 Å². The molecule has 0 aromatic heterocycles. The molecule has 0 saturated carbocycles. The van der Waals surface area contributed by atoms with E-state index in [-0.39, 0.29) is 17.1 Å². The standard InChI is InChI=1S/C29H38N2O3/c1-7-9-10-21-17-22(31-20(4)32)11-13-24(21)27-19(3)29(5,6)26-18-23(34-16-15-30-8-2)12-14-25(26)28(27)33/h11-14,17-18,30H,7-10,15-16H2,1-6H3,(H,31,32). The number of ether oxygens (including phenoxy) is 1. The third kappa shape index (κ3) is 5.41. The van der Waals surface area contributed by atoms with Crippen molar-refractivity contribution in [2.45, 2.75) is 66.2 Å². The molecule has 34 heavy (non-hydrogen) atoms. The Labute approximate surface area is 204 Å². The van der Waals surface area contributed by atoms with Gasteiger partial charge in [-0.25, -0.2) is 0 Å². The maximum Gasteiger partial charge on any atom is 0.221 e. The predicted octanol–water partition coefficient (Wildman–Crippen LogP) is 5.92. The van der Waals surface area contributed by atoms with Gasteiger partial charge in [-0.1, -0.05) is 45.8 Å². The highest BCUT2D eigenvalue weighted by Crippen LogP contribution is 2.45. The minimum absolute atomic E-state index is 0.0519. The van der Waals surface area contributed by atoms with Crippen molar-refractivity contribution in [2.24, 2.45) is 0 Å². The Hall–Kier alpha value is -2.92. The molecule has 3 rings (SSSR count). The summed E-state index contributed by atoms with van der Waals surface area (Å²) in [6, 6.07) is 11.7. The number of allylic oxidation sites excluding steroid dienone is 2. The molecule has 182 valence electrons. The van der Waals surface area contributed by atoms with Crippen molar-refractivity contribution in [1.29, 1.82) is 0 Å². The number of unbranched alkanes of at least 4 members (excludes halogenated alkanes) is 1. The smallest absolute Gasteiger partial charge is 0.221 e. The summed E-state index contributed by atoms with van der Waals surface area (Å²) in [5, 5.41) is 6.14. The van der Waals surface area contributed by atoms with Crippen molar-refractivity contribution < 1.29 is 14.3 Å². The molecular formula is C29H38N2O3. The molecule has 5 nitrogen and oxygen atoms in total. The number of anilines is 1. The molecule has 0 aliphatic heterocycles. The molecule has 2 aromatic carbocycles. The Bertz CT molecular complexity index is 1100. The average Bonchev–Trinajstić information content (AvgIpc) is 2.80. The topological polar surface area (TPSA) is 67.4 Å². The molecule has 1 aliphatic rings. The maximum absolute atomic E-state index is 13.8. The first-order chi connectivity index (χ1) is 16.2. The Morgan fingerprint density at radius 1 is 1.06 bits per heavy atom. The molecule has 1 aliphatic carbocycles. The largest absolute Gasteiger partial charge is 0.492 e. The van der Waals surface area contributed by atoms with E-state index in [1.807, 2.05) is 36.4 Å². The molecule has 0 atom stereocenters. The Balaban J connectivity index is 2.04. The molecule has 0 heterocycles. The van der Waals surface area contributed by atoms with E-state index in [1.54, 1.807) is 0 Å². The summed E-state index contributed by atoms with van der Waals surface area (Å²) < 4.78 is 5.93. The third-order valence-electron chi connectivity index (χ3n) is 6.74. The van der Waals surface area contributed by atoms with Crippen molar-refractivity contribution in [3.05, 3.63) is 64.2 Å². The molecule has 0 saturated heterocycles. The van der Waals surface area contributed by atoms with E-state index in [0.717, 1.165) is 77.2 Å². The minimum atomic E-state index is -0.321. The number of ketones is 1. The molecule has 0 bridgehead atoms. The van der Waals surface area contributed by atoms with Crippen LogP contribution in [-0.2, 0) is 16.6 Å². The quantitative estimate of drug-likeness (QED) is 0.430. The van der Waals surface area contributed by atoms with Gasteiger partial charge in [0, 0.05) is 35.7 Å². The lowest BCUT2D eigenvalue weighted by molar-refractivity contribution is -0.114. The number of aryl methyl sites for hydroxylation is 1. The van der Waals surface area contributed by atoms with Gasteiger partial charge in [-0.3, -0.25) is 9.59 Å². The summed E-state index contributed by atoms with van der Waals surface area (Å²) in [6.07, 6.45) is 2.93. The number of hydrogen-bond acceptors (Lipinski definition) is 4. The van der Waals surface area contributed by atoms with Crippen molar-refractivity contribution in [2.75, 3.05) is 25.0 Å². The molecule has 0 spiro atoms. The lowest BCUT2D eigenvalue weighted by Crippen LogP contribution is -2.30. The highest BCUT2D eigenvalue weighted by atomic mass is 16.5. The number of fused-ring (bicyclic) bond motifs is 1. The van der Waals surface area contributed by atoms with E-state index < -0.39 is 0 Å². The van der Waals surface area contributed by atoms with Crippen LogP contribution in [0.25, 0.3) is 5.57 Å². The average molecular weight is 463 g/mol. The fraction of sp³-hybridized carbons (Fsp3) is 0.448. The van der Waals surface area contributed by atoms with Gasteiger partial charge in [0.05, 0.1) is 0 Å². The van der Waals surface area contributed by atoms with Crippen LogP contribution in [0.5, 0.6) is 5.75 Å². The van der Waals surface area contributed by atoms with Crippen LogP contribution in [0.1, 0.15) is 81.4 Å². The Kier molecular flexibility index (Phi) is 8.32. The second-order valence-electron chi connectivity index (χ2n) is 9.52. The summed E-state index contributed by atoms with van der Waals surface area (Å²) in [6.45, 7) is 14.4. The number of hydrogen-bond donors (Lipinski definition) is 2. The third-order valence-corrected chi connectivity index (χ3v) is 6.74. The lowest BCUT2D eigenvalue weighted by Gasteiger charge is -2.36. The monoisotopic (exact) mass is 462 g/mol. The fourth-order valence-electron chi connectivity index (χ4n) is 4.58. The van der Waals surface area contributed by atoms with Crippen molar-refractivity contribution >= 4 is 23.0 Å². The zero-order chi connectivity index (χ0) is 24.9. The van der Waals surface area contributed by atoms with Gasteiger partial charge >= 0.3 is 0 Å². The van der Waals surface area contributed by atoms with E-state index >= 15 is 0 Å². The lowest BCUT2D eigenvalue weighted by atomic mass is 9.67. The maximum atomic E-state index is 13.8. The SMILES string of the molecule is CCCCc1cc(NC(C)=O)ccc1C1=C(C)C(C)(C)c2cc(OCCNCC)ccc2C1=O. The van der Waals surface area contributed by atoms with E-state index in [4.69, 9.17) is 4.74 Å². The summed E-state index contributed by atoms with van der Waals surface area (Å²) in [5.74, 6) is 0.741.